The predicted molar refractivity (Wildman–Crippen MR) is 65.5 cm³/mol. The second-order valence-electron chi connectivity index (χ2n) is 3.72. The van der Waals surface area contributed by atoms with Crippen LogP contribution in [0.2, 0.25) is 0 Å². The van der Waals surface area contributed by atoms with Gasteiger partial charge in [-0.3, -0.25) is 0 Å². The van der Waals surface area contributed by atoms with Crippen LogP contribution in [0.5, 0.6) is 0 Å². The fourth-order valence-corrected chi connectivity index (χ4v) is 1.42. The molecule has 0 rings (SSSR count). The number of rotatable bonds is 8. The lowest BCUT2D eigenvalue weighted by Gasteiger charge is -2.17. The molecule has 0 fully saturated rings. The molecule has 0 aromatic rings. The third-order valence-electron chi connectivity index (χ3n) is 2.17. The number of hydrogen-bond acceptors (Lipinski definition) is 3. The Bertz CT molecular complexity index is 296. The van der Waals surface area contributed by atoms with Crippen molar-refractivity contribution in [1.29, 1.82) is 0 Å². The molecule has 0 radical (unpaired) electrons. The number of primary amides is 3. The number of hydrogen-bond donors (Lipinski definition) is 6. The van der Waals surface area contributed by atoms with E-state index in [9.17, 15) is 14.4 Å². The number of carbonyl (C=O) groups is 3. The first-order chi connectivity index (χ1) is 8.41. The summed E-state index contributed by atoms with van der Waals surface area (Å²) in [5.74, 6) is 0. The number of carbonyl (C=O) groups excluding carboxylic acids is 3. The van der Waals surface area contributed by atoms with Gasteiger partial charge in [0.15, 0.2) is 0 Å². The average Bonchev–Trinajstić information content (AvgIpc) is 2.22. The van der Waals surface area contributed by atoms with E-state index in [1.54, 1.807) is 0 Å². The number of nitrogens with two attached hydrogens (primary N) is 3. The molecule has 1 unspecified atom stereocenters. The van der Waals surface area contributed by atoms with E-state index in [-0.39, 0.29) is 6.04 Å². The first-order valence-corrected chi connectivity index (χ1v) is 5.54. The summed E-state index contributed by atoms with van der Waals surface area (Å²) < 4.78 is 0. The molecule has 1 atom stereocenters. The molecule has 6 amide bonds. The van der Waals surface area contributed by atoms with E-state index >= 15 is 0 Å². The van der Waals surface area contributed by atoms with E-state index in [4.69, 9.17) is 17.2 Å². The van der Waals surface area contributed by atoms with Crippen molar-refractivity contribution in [3.05, 3.63) is 0 Å². The van der Waals surface area contributed by atoms with Gasteiger partial charge in [-0.15, -0.1) is 0 Å². The lowest BCUT2D eigenvalue weighted by atomic mass is 10.1. The fourth-order valence-electron chi connectivity index (χ4n) is 1.42. The van der Waals surface area contributed by atoms with Crippen molar-refractivity contribution in [2.75, 3.05) is 13.1 Å². The van der Waals surface area contributed by atoms with Crippen LogP contribution in [0, 0.1) is 0 Å². The topological polar surface area (TPSA) is 165 Å². The third-order valence-corrected chi connectivity index (χ3v) is 2.17. The van der Waals surface area contributed by atoms with Crippen LogP contribution in [0.1, 0.15) is 19.3 Å². The van der Waals surface area contributed by atoms with E-state index in [1.165, 1.54) is 0 Å². The predicted octanol–water partition coefficient (Wildman–Crippen LogP) is -1.47. The summed E-state index contributed by atoms with van der Waals surface area (Å²) in [5.41, 5.74) is 14.8. The van der Waals surface area contributed by atoms with Crippen molar-refractivity contribution in [3.63, 3.8) is 0 Å². The molecule has 18 heavy (non-hydrogen) atoms. The quantitative estimate of drug-likeness (QED) is 0.294. The van der Waals surface area contributed by atoms with Crippen molar-refractivity contribution in [2.45, 2.75) is 25.3 Å². The van der Waals surface area contributed by atoms with Crippen LogP contribution in [-0.4, -0.2) is 37.2 Å². The minimum Gasteiger partial charge on any atom is -0.352 e. The molecule has 9 N–H and O–H groups in total. The summed E-state index contributed by atoms with van der Waals surface area (Å²) >= 11 is 0. The molecule has 0 heterocycles. The maximum absolute atomic E-state index is 10.8. The number of amides is 6. The van der Waals surface area contributed by atoms with Gasteiger partial charge in [-0.1, -0.05) is 0 Å². The zero-order valence-electron chi connectivity index (χ0n) is 10.1. The van der Waals surface area contributed by atoms with Crippen molar-refractivity contribution < 1.29 is 14.4 Å². The van der Waals surface area contributed by atoms with E-state index in [0.29, 0.717) is 32.4 Å². The van der Waals surface area contributed by atoms with Gasteiger partial charge in [-0.25, -0.2) is 14.4 Å². The second kappa shape index (κ2) is 8.90. The smallest absolute Gasteiger partial charge is 0.312 e. The van der Waals surface area contributed by atoms with E-state index in [2.05, 4.69) is 16.0 Å². The lowest BCUT2D eigenvalue weighted by Crippen LogP contribution is -2.42. The maximum Gasteiger partial charge on any atom is 0.312 e. The summed E-state index contributed by atoms with van der Waals surface area (Å²) in [7, 11) is 0. The number of urea groups is 3. The van der Waals surface area contributed by atoms with Crippen molar-refractivity contribution in [1.82, 2.24) is 16.0 Å². The highest BCUT2D eigenvalue weighted by Gasteiger charge is 2.10. The van der Waals surface area contributed by atoms with Crippen LogP contribution in [0.15, 0.2) is 0 Å². The normalized spacial score (nSPS) is 11.3. The molecule has 9 heteroatoms. The van der Waals surface area contributed by atoms with Crippen LogP contribution in [0.3, 0.4) is 0 Å². The van der Waals surface area contributed by atoms with Crippen LogP contribution < -0.4 is 33.2 Å². The molecule has 0 saturated heterocycles. The van der Waals surface area contributed by atoms with Gasteiger partial charge in [-0.2, -0.15) is 0 Å². The Balaban J connectivity index is 3.87. The van der Waals surface area contributed by atoms with Gasteiger partial charge in [-0.05, 0) is 19.3 Å². The molecule has 0 bridgehead atoms. The first-order valence-electron chi connectivity index (χ1n) is 5.54. The molecule has 104 valence electrons. The monoisotopic (exact) mass is 260 g/mol. The zero-order chi connectivity index (χ0) is 14.0. The number of nitrogens with one attached hydrogen (secondary N) is 3. The fraction of sp³-hybridized carbons (Fsp3) is 0.667. The van der Waals surface area contributed by atoms with Gasteiger partial charge >= 0.3 is 18.1 Å². The molecule has 9 nitrogen and oxygen atoms in total. The molecule has 0 aliphatic rings. The van der Waals surface area contributed by atoms with E-state index in [0.717, 1.165) is 0 Å². The summed E-state index contributed by atoms with van der Waals surface area (Å²) in [5, 5.41) is 7.39. The maximum atomic E-state index is 10.8. The molecule has 0 saturated carbocycles. The van der Waals surface area contributed by atoms with Crippen molar-refractivity contribution in [3.8, 4) is 0 Å². The van der Waals surface area contributed by atoms with Gasteiger partial charge in [0.1, 0.15) is 0 Å². The van der Waals surface area contributed by atoms with Crippen molar-refractivity contribution in [2.24, 2.45) is 17.2 Å². The van der Waals surface area contributed by atoms with Crippen LogP contribution in [0.25, 0.3) is 0 Å². The Morgan fingerprint density at radius 2 is 1.39 bits per heavy atom. The SMILES string of the molecule is NC(=O)NCCCC(CCNC(N)=O)NC(N)=O. The Morgan fingerprint density at radius 1 is 0.833 bits per heavy atom. The largest absolute Gasteiger partial charge is 0.352 e. The Labute approximate surface area is 105 Å². The summed E-state index contributed by atoms with van der Waals surface area (Å²) in [4.78, 5) is 31.7. The minimum atomic E-state index is -0.637. The summed E-state index contributed by atoms with van der Waals surface area (Å²) in [6, 6.07) is -2.04. The highest BCUT2D eigenvalue weighted by Crippen LogP contribution is 2.00. The van der Waals surface area contributed by atoms with Gasteiger partial charge in [0, 0.05) is 19.1 Å². The van der Waals surface area contributed by atoms with Gasteiger partial charge < -0.3 is 33.2 Å². The molecule has 0 aliphatic carbocycles. The third kappa shape index (κ3) is 10.3. The highest BCUT2D eigenvalue weighted by molar-refractivity contribution is 5.72. The molecule has 0 aromatic heterocycles. The molecule has 0 aromatic carbocycles. The Morgan fingerprint density at radius 3 is 1.89 bits per heavy atom. The average molecular weight is 260 g/mol. The zero-order valence-corrected chi connectivity index (χ0v) is 10.1. The lowest BCUT2D eigenvalue weighted by molar-refractivity contribution is 0.241. The van der Waals surface area contributed by atoms with E-state index < -0.39 is 18.1 Å². The van der Waals surface area contributed by atoms with Crippen LogP contribution in [0.4, 0.5) is 14.4 Å². The van der Waals surface area contributed by atoms with Gasteiger partial charge in [0.05, 0.1) is 0 Å². The van der Waals surface area contributed by atoms with E-state index in [1.807, 2.05) is 0 Å². The first kappa shape index (κ1) is 15.8. The summed E-state index contributed by atoms with van der Waals surface area (Å²) in [6.45, 7) is 0.749. The van der Waals surface area contributed by atoms with Crippen LogP contribution >= 0.6 is 0 Å². The summed E-state index contributed by atoms with van der Waals surface area (Å²) in [6.07, 6.45) is 1.73. The Hall–Kier alpha value is -2.19. The van der Waals surface area contributed by atoms with Gasteiger partial charge in [0.2, 0.25) is 0 Å². The minimum absolute atomic E-state index is 0.191. The molecule has 0 spiro atoms. The molecular formula is C9H20N6O3. The molecule has 0 aliphatic heterocycles. The standard InChI is InChI=1S/C9H20N6O3/c10-7(16)13-4-1-2-6(15-9(12)18)3-5-14-8(11)17/h6H,1-5H2,(H3,10,13,16)(H3,11,14,17)(H3,12,15,18). The Kier molecular flexibility index (Phi) is 7.82. The highest BCUT2D eigenvalue weighted by atomic mass is 16.2. The van der Waals surface area contributed by atoms with Crippen molar-refractivity contribution >= 4 is 18.1 Å². The van der Waals surface area contributed by atoms with Crippen LogP contribution in [-0.2, 0) is 0 Å². The van der Waals surface area contributed by atoms with Gasteiger partial charge in [0.25, 0.3) is 0 Å². The molecular weight excluding hydrogens is 240 g/mol. The second-order valence-corrected chi connectivity index (χ2v) is 3.72.